The van der Waals surface area contributed by atoms with Crippen molar-refractivity contribution in [2.45, 2.75) is 31.8 Å². The third-order valence-corrected chi connectivity index (χ3v) is 3.30. The molecule has 0 saturated carbocycles. The lowest BCUT2D eigenvalue weighted by atomic mass is 10.0. The summed E-state index contributed by atoms with van der Waals surface area (Å²) in [6.45, 7) is 3.30. The highest BCUT2D eigenvalue weighted by atomic mass is 15.3. The largest absolute Gasteiger partial charge is 0.313 e. The van der Waals surface area contributed by atoms with Crippen molar-refractivity contribution in [1.29, 1.82) is 0 Å². The lowest BCUT2D eigenvalue weighted by molar-refractivity contribution is 0.252. The Kier molecular flexibility index (Phi) is 3.96. The fourth-order valence-electron chi connectivity index (χ4n) is 2.35. The van der Waals surface area contributed by atoms with Crippen molar-refractivity contribution in [3.05, 3.63) is 18.0 Å². The summed E-state index contributed by atoms with van der Waals surface area (Å²) in [5.41, 5.74) is 1.28. The molecule has 0 radical (unpaired) electrons. The van der Waals surface area contributed by atoms with Crippen molar-refractivity contribution in [3.63, 3.8) is 0 Å². The summed E-state index contributed by atoms with van der Waals surface area (Å²) in [6.07, 6.45) is 5.89. The number of likely N-dealkylation sites (N-methyl/N-ethyl adjacent to an activating group) is 1. The predicted octanol–water partition coefficient (Wildman–Crippen LogP) is 0.994. The van der Waals surface area contributed by atoms with E-state index in [0.29, 0.717) is 6.04 Å². The fraction of sp³-hybridized carbons (Fsp3) is 0.750. The molecule has 1 aromatic heterocycles. The SMILES string of the molecule is CN(Cc1ccnn1C)CC1CCCCN1. The molecule has 4 heteroatoms. The lowest BCUT2D eigenvalue weighted by Crippen LogP contribution is -2.42. The molecule has 1 N–H and O–H groups in total. The molecule has 2 rings (SSSR count). The van der Waals surface area contributed by atoms with Crippen molar-refractivity contribution in [3.8, 4) is 0 Å². The summed E-state index contributed by atoms with van der Waals surface area (Å²) in [7, 11) is 4.19. The van der Waals surface area contributed by atoms with Gasteiger partial charge in [0.15, 0.2) is 0 Å². The maximum atomic E-state index is 4.19. The monoisotopic (exact) mass is 222 g/mol. The van der Waals surface area contributed by atoms with E-state index in [4.69, 9.17) is 0 Å². The van der Waals surface area contributed by atoms with Gasteiger partial charge in [-0.2, -0.15) is 5.10 Å². The van der Waals surface area contributed by atoms with E-state index in [1.807, 2.05) is 17.9 Å². The molecule has 0 bridgehead atoms. The molecular weight excluding hydrogens is 200 g/mol. The quantitative estimate of drug-likeness (QED) is 0.825. The number of nitrogens with zero attached hydrogens (tertiary/aromatic N) is 3. The fourth-order valence-corrected chi connectivity index (χ4v) is 2.35. The van der Waals surface area contributed by atoms with Crippen LogP contribution in [0.2, 0.25) is 0 Å². The van der Waals surface area contributed by atoms with Crippen LogP contribution in [0, 0.1) is 0 Å². The first-order valence-corrected chi connectivity index (χ1v) is 6.14. The topological polar surface area (TPSA) is 33.1 Å². The molecule has 90 valence electrons. The van der Waals surface area contributed by atoms with Gasteiger partial charge in [-0.25, -0.2) is 0 Å². The van der Waals surface area contributed by atoms with Crippen molar-refractivity contribution in [2.75, 3.05) is 20.1 Å². The number of hydrogen-bond acceptors (Lipinski definition) is 3. The first-order valence-electron chi connectivity index (χ1n) is 6.14. The zero-order valence-corrected chi connectivity index (χ0v) is 10.3. The first-order chi connectivity index (χ1) is 7.75. The molecule has 1 unspecified atom stereocenters. The molecule has 1 atom stereocenters. The summed E-state index contributed by atoms with van der Waals surface area (Å²) in [5.74, 6) is 0. The molecule has 1 aliphatic heterocycles. The van der Waals surface area contributed by atoms with E-state index in [9.17, 15) is 0 Å². The maximum Gasteiger partial charge on any atom is 0.0520 e. The molecule has 0 spiro atoms. The minimum atomic E-state index is 0.673. The highest BCUT2D eigenvalue weighted by Gasteiger charge is 2.14. The lowest BCUT2D eigenvalue weighted by Gasteiger charge is -2.28. The minimum absolute atomic E-state index is 0.673. The summed E-state index contributed by atoms with van der Waals surface area (Å²) in [6, 6.07) is 2.76. The summed E-state index contributed by atoms with van der Waals surface area (Å²) < 4.78 is 1.95. The van der Waals surface area contributed by atoms with Gasteiger partial charge >= 0.3 is 0 Å². The van der Waals surface area contributed by atoms with E-state index in [-0.39, 0.29) is 0 Å². The van der Waals surface area contributed by atoms with Crippen LogP contribution in [0.15, 0.2) is 12.3 Å². The predicted molar refractivity (Wildman–Crippen MR) is 65.2 cm³/mol. The molecule has 0 aromatic carbocycles. The van der Waals surface area contributed by atoms with Crippen LogP contribution in [0.1, 0.15) is 25.0 Å². The van der Waals surface area contributed by atoms with Gasteiger partial charge < -0.3 is 5.32 Å². The molecule has 1 aromatic rings. The van der Waals surface area contributed by atoms with E-state index in [1.54, 1.807) is 0 Å². The Morgan fingerprint density at radius 3 is 3.06 bits per heavy atom. The Morgan fingerprint density at radius 2 is 2.44 bits per heavy atom. The van der Waals surface area contributed by atoms with E-state index < -0.39 is 0 Å². The molecule has 0 amide bonds. The van der Waals surface area contributed by atoms with Gasteiger partial charge in [0.05, 0.1) is 5.69 Å². The maximum absolute atomic E-state index is 4.19. The first kappa shape index (κ1) is 11.6. The summed E-state index contributed by atoms with van der Waals surface area (Å²) >= 11 is 0. The van der Waals surface area contributed by atoms with Crippen LogP contribution in [0.5, 0.6) is 0 Å². The Morgan fingerprint density at radius 1 is 1.56 bits per heavy atom. The zero-order chi connectivity index (χ0) is 11.4. The highest BCUT2D eigenvalue weighted by Crippen LogP contribution is 2.09. The van der Waals surface area contributed by atoms with E-state index in [2.05, 4.69) is 28.4 Å². The van der Waals surface area contributed by atoms with Crippen molar-refractivity contribution >= 4 is 0 Å². The van der Waals surface area contributed by atoms with Crippen LogP contribution in [0.25, 0.3) is 0 Å². The highest BCUT2D eigenvalue weighted by molar-refractivity contribution is 4.99. The molecule has 2 heterocycles. The number of aromatic nitrogens is 2. The van der Waals surface area contributed by atoms with Crippen LogP contribution < -0.4 is 5.32 Å². The van der Waals surface area contributed by atoms with Crippen molar-refractivity contribution in [2.24, 2.45) is 7.05 Å². The van der Waals surface area contributed by atoms with E-state index in [0.717, 1.165) is 13.1 Å². The van der Waals surface area contributed by atoms with Gasteiger partial charge in [0, 0.05) is 32.4 Å². The smallest absolute Gasteiger partial charge is 0.0520 e. The Balaban J connectivity index is 1.79. The number of hydrogen-bond donors (Lipinski definition) is 1. The van der Waals surface area contributed by atoms with Crippen LogP contribution in [-0.4, -0.2) is 40.9 Å². The van der Waals surface area contributed by atoms with Crippen LogP contribution in [0.4, 0.5) is 0 Å². The second-order valence-electron chi connectivity index (χ2n) is 4.79. The number of rotatable bonds is 4. The molecule has 16 heavy (non-hydrogen) atoms. The van der Waals surface area contributed by atoms with Crippen molar-refractivity contribution in [1.82, 2.24) is 20.0 Å². The van der Waals surface area contributed by atoms with Gasteiger partial charge in [-0.05, 0) is 32.5 Å². The standard InChI is InChI=1S/C12H22N4/c1-15(9-11-5-3-4-7-13-11)10-12-6-8-14-16(12)2/h6,8,11,13H,3-5,7,9-10H2,1-2H3. The van der Waals surface area contributed by atoms with Crippen LogP contribution in [0.3, 0.4) is 0 Å². The van der Waals surface area contributed by atoms with Gasteiger partial charge in [0.2, 0.25) is 0 Å². The van der Waals surface area contributed by atoms with E-state index in [1.165, 1.54) is 31.5 Å². The Bertz CT molecular complexity index is 315. The third-order valence-electron chi connectivity index (χ3n) is 3.30. The summed E-state index contributed by atoms with van der Waals surface area (Å²) in [5, 5.41) is 7.77. The summed E-state index contributed by atoms with van der Waals surface area (Å²) in [4.78, 5) is 2.38. The van der Waals surface area contributed by atoms with Crippen LogP contribution in [-0.2, 0) is 13.6 Å². The molecule has 4 nitrogen and oxygen atoms in total. The minimum Gasteiger partial charge on any atom is -0.313 e. The third kappa shape index (κ3) is 3.06. The van der Waals surface area contributed by atoms with Gasteiger partial charge in [-0.1, -0.05) is 6.42 Å². The number of nitrogens with one attached hydrogen (secondary N) is 1. The van der Waals surface area contributed by atoms with Gasteiger partial charge in [-0.15, -0.1) is 0 Å². The Hall–Kier alpha value is -0.870. The molecule has 1 aliphatic rings. The van der Waals surface area contributed by atoms with Crippen LogP contribution >= 0.6 is 0 Å². The van der Waals surface area contributed by atoms with Gasteiger partial charge in [0.25, 0.3) is 0 Å². The van der Waals surface area contributed by atoms with E-state index >= 15 is 0 Å². The normalized spacial score (nSPS) is 21.6. The van der Waals surface area contributed by atoms with Crippen molar-refractivity contribution < 1.29 is 0 Å². The average Bonchev–Trinajstić information content (AvgIpc) is 2.66. The molecule has 1 saturated heterocycles. The second-order valence-corrected chi connectivity index (χ2v) is 4.79. The van der Waals surface area contributed by atoms with Gasteiger partial charge in [-0.3, -0.25) is 9.58 Å². The second kappa shape index (κ2) is 5.46. The average molecular weight is 222 g/mol. The van der Waals surface area contributed by atoms with Gasteiger partial charge in [0.1, 0.15) is 0 Å². The molecule has 1 fully saturated rings. The molecule has 0 aliphatic carbocycles. The number of piperidine rings is 1. The Labute approximate surface area is 97.6 Å². The molecular formula is C12H22N4. The zero-order valence-electron chi connectivity index (χ0n) is 10.3. The number of aryl methyl sites for hydroxylation is 1.